The number of nitrogens with zero attached hydrogens (tertiary/aromatic N) is 3. The standard InChI is InChI=1S/C22H24N4O4S/c1-14(2)20(22-23-15(3)25-30-22)24-21(27)17-8-6-9-18(13-17)31(28,29)26-12-11-16-7-4-5-10-19(16)26/h4-10,13-14,20H,11-12H2,1-3H3,(H,24,27). The monoisotopic (exact) mass is 440 g/mol. The van der Waals surface area contributed by atoms with E-state index in [0.717, 1.165) is 5.56 Å². The van der Waals surface area contributed by atoms with E-state index in [-0.39, 0.29) is 16.4 Å². The number of nitrogens with one attached hydrogen (secondary N) is 1. The van der Waals surface area contributed by atoms with Gasteiger partial charge in [-0.25, -0.2) is 8.42 Å². The molecule has 1 amide bonds. The molecule has 0 radical (unpaired) electrons. The van der Waals surface area contributed by atoms with Crippen molar-refractivity contribution in [2.45, 2.75) is 38.1 Å². The van der Waals surface area contributed by atoms with Gasteiger partial charge < -0.3 is 9.84 Å². The lowest BCUT2D eigenvalue weighted by Crippen LogP contribution is -2.32. The average Bonchev–Trinajstić information content (AvgIpc) is 3.38. The Kier molecular flexibility index (Phi) is 5.53. The van der Waals surface area contributed by atoms with Gasteiger partial charge in [-0.1, -0.05) is 43.3 Å². The number of carbonyl (C=O) groups excluding carboxylic acids is 1. The minimum absolute atomic E-state index is 0.00295. The summed E-state index contributed by atoms with van der Waals surface area (Å²) >= 11 is 0. The van der Waals surface area contributed by atoms with Crippen LogP contribution in [0.15, 0.2) is 57.9 Å². The van der Waals surface area contributed by atoms with Crippen LogP contribution in [0.25, 0.3) is 0 Å². The molecule has 1 aliphatic rings. The van der Waals surface area contributed by atoms with E-state index in [0.29, 0.717) is 30.4 Å². The van der Waals surface area contributed by atoms with Gasteiger partial charge in [0.2, 0.25) is 5.89 Å². The number of sulfonamides is 1. The van der Waals surface area contributed by atoms with E-state index in [9.17, 15) is 13.2 Å². The molecule has 0 saturated carbocycles. The van der Waals surface area contributed by atoms with Crippen LogP contribution in [0.3, 0.4) is 0 Å². The zero-order valence-corrected chi connectivity index (χ0v) is 18.4. The van der Waals surface area contributed by atoms with Gasteiger partial charge in [0.15, 0.2) is 5.82 Å². The Morgan fingerprint density at radius 1 is 1.16 bits per heavy atom. The van der Waals surface area contributed by atoms with E-state index in [1.165, 1.54) is 16.4 Å². The highest BCUT2D eigenvalue weighted by Crippen LogP contribution is 2.32. The van der Waals surface area contributed by atoms with Gasteiger partial charge >= 0.3 is 0 Å². The SMILES string of the molecule is Cc1noc(C(NC(=O)c2cccc(S(=O)(=O)N3CCc4ccccc43)c2)C(C)C)n1. The summed E-state index contributed by atoms with van der Waals surface area (Å²) in [5, 5.41) is 6.67. The molecule has 0 fully saturated rings. The molecule has 0 spiro atoms. The third-order valence-corrected chi connectivity index (χ3v) is 7.10. The predicted octanol–water partition coefficient (Wildman–Crippen LogP) is 3.26. The molecule has 8 nitrogen and oxygen atoms in total. The van der Waals surface area contributed by atoms with Crippen LogP contribution < -0.4 is 9.62 Å². The highest BCUT2D eigenvalue weighted by atomic mass is 32.2. The Labute approximate surface area is 181 Å². The lowest BCUT2D eigenvalue weighted by molar-refractivity contribution is 0.0913. The Hall–Kier alpha value is -3.20. The number of carbonyl (C=O) groups is 1. The lowest BCUT2D eigenvalue weighted by Gasteiger charge is -2.21. The van der Waals surface area contributed by atoms with Crippen molar-refractivity contribution in [3.63, 3.8) is 0 Å². The van der Waals surface area contributed by atoms with Crippen molar-refractivity contribution >= 4 is 21.6 Å². The topological polar surface area (TPSA) is 105 Å². The van der Waals surface area contributed by atoms with Crippen molar-refractivity contribution < 1.29 is 17.7 Å². The van der Waals surface area contributed by atoms with Crippen molar-refractivity contribution in [1.29, 1.82) is 0 Å². The minimum Gasteiger partial charge on any atom is -0.340 e. The third kappa shape index (κ3) is 4.05. The molecule has 1 atom stereocenters. The molecule has 2 heterocycles. The second-order valence-corrected chi connectivity index (χ2v) is 9.72. The normalized spacial score (nSPS) is 14.5. The van der Waals surface area contributed by atoms with Crippen LogP contribution >= 0.6 is 0 Å². The Morgan fingerprint density at radius 2 is 1.94 bits per heavy atom. The summed E-state index contributed by atoms with van der Waals surface area (Å²) in [7, 11) is -3.79. The smallest absolute Gasteiger partial charge is 0.264 e. The Bertz CT molecular complexity index is 1220. The fourth-order valence-electron chi connectivity index (χ4n) is 3.66. The van der Waals surface area contributed by atoms with Crippen molar-refractivity contribution in [2.24, 2.45) is 5.92 Å². The molecule has 3 aromatic rings. The van der Waals surface area contributed by atoms with E-state index in [1.54, 1.807) is 25.1 Å². The largest absolute Gasteiger partial charge is 0.340 e. The second kappa shape index (κ2) is 8.14. The molecule has 0 bridgehead atoms. The first-order valence-corrected chi connectivity index (χ1v) is 11.5. The van der Waals surface area contributed by atoms with Crippen molar-refractivity contribution in [2.75, 3.05) is 10.8 Å². The molecule has 1 unspecified atom stereocenters. The van der Waals surface area contributed by atoms with Crippen molar-refractivity contribution in [3.05, 3.63) is 71.4 Å². The minimum atomic E-state index is -3.79. The number of fused-ring (bicyclic) bond motifs is 1. The molecule has 1 aliphatic heterocycles. The van der Waals surface area contributed by atoms with E-state index in [1.807, 2.05) is 32.0 Å². The van der Waals surface area contributed by atoms with Crippen LogP contribution in [0.4, 0.5) is 5.69 Å². The summed E-state index contributed by atoms with van der Waals surface area (Å²) in [5.41, 5.74) is 1.93. The molecule has 2 aromatic carbocycles. The van der Waals surface area contributed by atoms with Gasteiger partial charge in [0.1, 0.15) is 6.04 Å². The second-order valence-electron chi connectivity index (χ2n) is 7.86. The predicted molar refractivity (Wildman–Crippen MR) is 115 cm³/mol. The number of aromatic nitrogens is 2. The number of amides is 1. The summed E-state index contributed by atoms with van der Waals surface area (Å²) in [4.78, 5) is 17.2. The van der Waals surface area contributed by atoms with E-state index in [4.69, 9.17) is 4.52 Å². The summed E-state index contributed by atoms with van der Waals surface area (Å²) in [6.45, 7) is 5.94. The maximum atomic E-state index is 13.3. The molecular weight excluding hydrogens is 416 g/mol. The van der Waals surface area contributed by atoms with Gasteiger partial charge in [-0.15, -0.1) is 0 Å². The van der Waals surface area contributed by atoms with Gasteiger partial charge in [-0.3, -0.25) is 9.10 Å². The van der Waals surface area contributed by atoms with Crippen LogP contribution in [0.1, 0.15) is 47.5 Å². The molecule has 1 aromatic heterocycles. The quantitative estimate of drug-likeness (QED) is 0.631. The van der Waals surface area contributed by atoms with Gasteiger partial charge in [0.25, 0.3) is 15.9 Å². The van der Waals surface area contributed by atoms with Crippen LogP contribution in [0.5, 0.6) is 0 Å². The average molecular weight is 441 g/mol. The number of hydrogen-bond acceptors (Lipinski definition) is 6. The van der Waals surface area contributed by atoms with E-state index in [2.05, 4.69) is 15.5 Å². The number of rotatable bonds is 6. The van der Waals surface area contributed by atoms with Gasteiger partial charge in [0.05, 0.1) is 10.6 Å². The Morgan fingerprint density at radius 3 is 2.65 bits per heavy atom. The Balaban J connectivity index is 1.60. The van der Waals surface area contributed by atoms with Crippen LogP contribution in [0.2, 0.25) is 0 Å². The molecule has 4 rings (SSSR count). The first-order chi connectivity index (χ1) is 14.8. The number of anilines is 1. The number of hydrogen-bond donors (Lipinski definition) is 1. The number of aryl methyl sites for hydroxylation is 1. The summed E-state index contributed by atoms with van der Waals surface area (Å²) in [6, 6.07) is 13.0. The maximum absolute atomic E-state index is 13.3. The fraction of sp³-hybridized carbons (Fsp3) is 0.318. The van der Waals surface area contributed by atoms with Crippen molar-refractivity contribution in [3.8, 4) is 0 Å². The molecule has 9 heteroatoms. The lowest BCUT2D eigenvalue weighted by atomic mass is 10.0. The van der Waals surface area contributed by atoms with Crippen molar-refractivity contribution in [1.82, 2.24) is 15.5 Å². The maximum Gasteiger partial charge on any atom is 0.264 e. The zero-order chi connectivity index (χ0) is 22.2. The van der Waals surface area contributed by atoms with Gasteiger partial charge in [-0.05, 0) is 49.1 Å². The third-order valence-electron chi connectivity index (χ3n) is 5.29. The highest BCUT2D eigenvalue weighted by molar-refractivity contribution is 7.92. The molecule has 1 N–H and O–H groups in total. The summed E-state index contributed by atoms with van der Waals surface area (Å²) < 4.78 is 33.2. The summed E-state index contributed by atoms with van der Waals surface area (Å²) in [6.07, 6.45) is 0.662. The summed E-state index contributed by atoms with van der Waals surface area (Å²) in [5.74, 6) is 0.387. The van der Waals surface area contributed by atoms with E-state index >= 15 is 0 Å². The first-order valence-electron chi connectivity index (χ1n) is 10.1. The highest BCUT2D eigenvalue weighted by Gasteiger charge is 2.31. The van der Waals surface area contributed by atoms with Gasteiger partial charge in [-0.2, -0.15) is 4.98 Å². The van der Waals surface area contributed by atoms with Crippen LogP contribution in [-0.2, 0) is 16.4 Å². The first kappa shape index (κ1) is 21.0. The number of para-hydroxylation sites is 1. The molecule has 0 aliphatic carbocycles. The molecule has 162 valence electrons. The van der Waals surface area contributed by atoms with Crippen LogP contribution in [0, 0.1) is 12.8 Å². The molecular formula is C22H24N4O4S. The molecule has 0 saturated heterocycles. The van der Waals surface area contributed by atoms with E-state index < -0.39 is 22.0 Å². The number of benzene rings is 2. The zero-order valence-electron chi connectivity index (χ0n) is 17.6. The fourth-order valence-corrected chi connectivity index (χ4v) is 5.21. The van der Waals surface area contributed by atoms with Crippen LogP contribution in [-0.4, -0.2) is 31.0 Å². The van der Waals surface area contributed by atoms with Gasteiger partial charge in [0, 0.05) is 12.1 Å². The molecule has 31 heavy (non-hydrogen) atoms.